The summed E-state index contributed by atoms with van der Waals surface area (Å²) in [5, 5.41) is 78.2. The van der Waals surface area contributed by atoms with Gasteiger partial charge in [0.2, 0.25) is 12.0 Å². The van der Waals surface area contributed by atoms with Crippen LogP contribution < -0.4 is 18.9 Å². The number of hydrogen-bond acceptors (Lipinski definition) is 13. The van der Waals surface area contributed by atoms with Gasteiger partial charge in [0.15, 0.2) is 24.4 Å². The minimum atomic E-state index is -1.96. The maximum absolute atomic E-state index is 11.5. The molecule has 3 heterocycles. The Hall–Kier alpha value is -4.67. The van der Waals surface area contributed by atoms with Crippen molar-refractivity contribution in [3.8, 4) is 28.7 Å². The third-order valence-electron chi connectivity index (χ3n) is 6.80. The molecule has 0 aliphatic carbocycles. The number of nitrogens with one attached hydrogen (secondary N) is 1. The molecule has 0 aromatic heterocycles. The first-order valence-corrected chi connectivity index (χ1v) is 12.9. The van der Waals surface area contributed by atoms with Crippen molar-refractivity contribution < 1.29 is 64.2 Å². The number of amidine groups is 1. The zero-order valence-corrected chi connectivity index (χ0v) is 22.2. The van der Waals surface area contributed by atoms with Crippen LogP contribution in [0.2, 0.25) is 0 Å². The average Bonchev–Trinajstić information content (AvgIpc) is 3.39. The van der Waals surface area contributed by atoms with Crippen molar-refractivity contribution in [3.05, 3.63) is 59.7 Å². The van der Waals surface area contributed by atoms with Crippen LogP contribution in [0.5, 0.6) is 28.7 Å². The van der Waals surface area contributed by atoms with Crippen molar-refractivity contribution in [1.29, 1.82) is 5.41 Å². The van der Waals surface area contributed by atoms with Crippen LogP contribution in [0.25, 0.3) is 5.76 Å². The molecule has 5 rings (SSSR count). The molecule has 0 radical (unpaired) electrons. The second-order valence-corrected chi connectivity index (χ2v) is 9.63. The fraction of sp³-hybridized carbons (Fsp3) is 0.321. The molecule has 2 aromatic rings. The van der Waals surface area contributed by atoms with E-state index in [1.165, 1.54) is 6.08 Å². The van der Waals surface area contributed by atoms with E-state index in [1.807, 2.05) is 0 Å². The molecule has 6 unspecified atom stereocenters. The summed E-state index contributed by atoms with van der Waals surface area (Å²) in [6.07, 6.45) is -5.33. The van der Waals surface area contributed by atoms with E-state index in [0.29, 0.717) is 24.3 Å². The zero-order valence-electron chi connectivity index (χ0n) is 22.2. The topological polar surface area (TPSA) is 241 Å². The molecular weight excluding hydrogens is 572 g/mol. The predicted molar refractivity (Wildman–Crippen MR) is 146 cm³/mol. The lowest BCUT2D eigenvalue weighted by Gasteiger charge is -2.38. The van der Waals surface area contributed by atoms with E-state index in [4.69, 9.17) is 29.1 Å². The van der Waals surface area contributed by atoms with Gasteiger partial charge in [-0.05, 0) is 29.8 Å². The summed E-state index contributed by atoms with van der Waals surface area (Å²) in [5.41, 5.74) is 1.13. The number of fused-ring (bicyclic) bond motifs is 1. The highest BCUT2D eigenvalue weighted by Gasteiger charge is 2.48. The Morgan fingerprint density at radius 1 is 1.02 bits per heavy atom. The second-order valence-electron chi connectivity index (χ2n) is 9.63. The van der Waals surface area contributed by atoms with Gasteiger partial charge in [0, 0.05) is 24.3 Å². The number of aliphatic imine (C=N–C) groups is 1. The quantitative estimate of drug-likeness (QED) is 0.176. The average molecular weight is 601 g/mol. The van der Waals surface area contributed by atoms with E-state index in [9.17, 15) is 40.5 Å². The van der Waals surface area contributed by atoms with Crippen LogP contribution in [0.4, 0.5) is 0 Å². The fourth-order valence-electron chi connectivity index (χ4n) is 4.64. The summed E-state index contributed by atoms with van der Waals surface area (Å²) in [4.78, 5) is 15.5. The summed E-state index contributed by atoms with van der Waals surface area (Å²) in [7, 11) is 0. The molecular formula is C28H28N2O13. The van der Waals surface area contributed by atoms with E-state index in [-0.39, 0.29) is 17.1 Å². The summed E-state index contributed by atoms with van der Waals surface area (Å²) in [5.74, 6) is -3.02. The Bertz CT molecular complexity index is 1490. The number of aliphatic carboxylic acids is 1. The van der Waals surface area contributed by atoms with Gasteiger partial charge in [-0.1, -0.05) is 12.1 Å². The molecule has 3 aliphatic rings. The van der Waals surface area contributed by atoms with Gasteiger partial charge in [-0.25, -0.2) is 9.79 Å². The monoisotopic (exact) mass is 600 g/mol. The predicted octanol–water partition coefficient (Wildman–Crippen LogP) is 0.781. The fourth-order valence-corrected chi connectivity index (χ4v) is 4.64. The van der Waals surface area contributed by atoms with E-state index < -0.39 is 72.6 Å². The largest absolute Gasteiger partial charge is 0.507 e. The first-order valence-electron chi connectivity index (χ1n) is 12.9. The minimum Gasteiger partial charge on any atom is -0.507 e. The normalized spacial score (nSPS) is 26.2. The van der Waals surface area contributed by atoms with E-state index in [1.54, 1.807) is 36.4 Å². The van der Waals surface area contributed by atoms with Crippen LogP contribution in [0.3, 0.4) is 0 Å². The van der Waals surface area contributed by atoms with E-state index >= 15 is 0 Å². The van der Waals surface area contributed by atoms with Crippen LogP contribution in [0.15, 0.2) is 53.6 Å². The van der Waals surface area contributed by atoms with Crippen molar-refractivity contribution in [2.75, 3.05) is 13.4 Å². The van der Waals surface area contributed by atoms with E-state index in [2.05, 4.69) is 4.99 Å². The lowest BCUT2D eigenvalue weighted by Crippen LogP contribution is -2.61. The highest BCUT2D eigenvalue weighted by Crippen LogP contribution is 2.51. The van der Waals surface area contributed by atoms with Gasteiger partial charge in [-0.3, -0.25) is 5.41 Å². The van der Waals surface area contributed by atoms with Crippen molar-refractivity contribution in [2.45, 2.75) is 43.2 Å². The Morgan fingerprint density at radius 2 is 1.77 bits per heavy atom. The molecule has 6 atom stereocenters. The molecule has 1 saturated heterocycles. The number of carboxylic acid groups (broad SMARTS) is 1. The maximum Gasteiger partial charge on any atom is 0.335 e. The second kappa shape index (κ2) is 12.3. The van der Waals surface area contributed by atoms with Gasteiger partial charge in [0.25, 0.3) is 0 Å². The number of carboxylic acids is 1. The number of phenolic OH excluding ortho intramolecular Hbond substituents is 1. The first kappa shape index (κ1) is 29.8. The number of hydrogen-bond donors (Lipinski definition) is 8. The van der Waals surface area contributed by atoms with Crippen LogP contribution in [-0.2, 0) is 9.53 Å². The van der Waals surface area contributed by atoms with Crippen molar-refractivity contribution in [1.82, 2.24) is 0 Å². The van der Waals surface area contributed by atoms with Crippen molar-refractivity contribution in [2.24, 2.45) is 4.99 Å². The number of ether oxygens (including phenoxy) is 5. The van der Waals surface area contributed by atoms with Crippen LogP contribution in [0, 0.1) is 5.41 Å². The lowest BCUT2D eigenvalue weighted by atomic mass is 9.99. The SMILES string of the molecule is N=C1C=CC(CCOc2ccc(C3C=C(O)c4c(cc(OC5OC(C(=O)O)C(O)C(O)C5O)c(OCO)c4O)O3)cc2)=N1. The Labute approximate surface area is 243 Å². The zero-order chi connectivity index (χ0) is 30.8. The van der Waals surface area contributed by atoms with E-state index in [0.717, 1.165) is 11.8 Å². The van der Waals surface area contributed by atoms with Crippen LogP contribution >= 0.6 is 0 Å². The minimum absolute atomic E-state index is 0.111. The molecule has 15 nitrogen and oxygen atoms in total. The summed E-state index contributed by atoms with van der Waals surface area (Å²) >= 11 is 0. The third-order valence-corrected chi connectivity index (χ3v) is 6.80. The molecule has 1 fully saturated rings. The number of aliphatic hydroxyl groups excluding tert-OH is 5. The molecule has 43 heavy (non-hydrogen) atoms. The summed E-state index contributed by atoms with van der Waals surface area (Å²) in [6, 6.07) is 7.93. The van der Waals surface area contributed by atoms with Crippen LogP contribution in [0.1, 0.15) is 23.7 Å². The first-order chi connectivity index (χ1) is 20.6. The number of aliphatic hydroxyl groups is 5. The molecule has 228 valence electrons. The maximum atomic E-state index is 11.5. The highest BCUT2D eigenvalue weighted by molar-refractivity contribution is 6.14. The third kappa shape index (κ3) is 6.11. The van der Waals surface area contributed by atoms with Gasteiger partial charge in [0.05, 0.1) is 6.61 Å². The molecule has 3 aliphatic heterocycles. The Morgan fingerprint density at radius 3 is 2.42 bits per heavy atom. The number of phenols is 1. The number of nitrogens with zero attached hydrogens (tertiary/aromatic N) is 1. The van der Waals surface area contributed by atoms with Crippen molar-refractivity contribution >= 4 is 23.3 Å². The number of rotatable bonds is 10. The van der Waals surface area contributed by atoms with Gasteiger partial charge < -0.3 is 59.4 Å². The standard InChI is InChI=1S/C28H28N2O13/c29-19-6-3-13(30-19)7-8-39-14-4-1-12(2-5-14)16-9-15(32)20-17(41-16)10-18(25(21(20)33)40-11-31)42-28-24(36)22(34)23(35)26(43-28)27(37)38/h1-6,9-10,16,22-24,26,28-29,31-36H,7-8,11H2,(H,37,38). The van der Waals surface area contributed by atoms with Crippen LogP contribution in [-0.4, -0.2) is 97.4 Å². The molecule has 2 aromatic carbocycles. The lowest BCUT2D eigenvalue weighted by molar-refractivity contribution is -0.271. The van der Waals surface area contributed by atoms with Crippen molar-refractivity contribution in [3.63, 3.8) is 0 Å². The van der Waals surface area contributed by atoms with Gasteiger partial charge in [-0.2, -0.15) is 0 Å². The summed E-state index contributed by atoms with van der Waals surface area (Å²) in [6.45, 7) is -0.612. The number of allylic oxidation sites excluding steroid dienone is 1. The smallest absolute Gasteiger partial charge is 0.335 e. The molecule has 0 spiro atoms. The Kier molecular flexibility index (Phi) is 8.52. The number of aromatic hydroxyl groups is 1. The molecule has 0 amide bonds. The summed E-state index contributed by atoms with van der Waals surface area (Å²) < 4.78 is 27.5. The highest BCUT2D eigenvalue weighted by atomic mass is 16.7. The molecule has 0 bridgehead atoms. The van der Waals surface area contributed by atoms with Gasteiger partial charge >= 0.3 is 5.97 Å². The molecule has 0 saturated carbocycles. The number of carbonyl (C=O) groups is 1. The molecule has 15 heteroatoms. The Balaban J connectivity index is 1.35. The molecule has 8 N–H and O–H groups in total. The van der Waals surface area contributed by atoms with Gasteiger partial charge in [-0.15, -0.1) is 0 Å². The van der Waals surface area contributed by atoms with Gasteiger partial charge in [0.1, 0.15) is 53.1 Å². The number of benzene rings is 2.